The molecule has 140 valence electrons. The first-order chi connectivity index (χ1) is 12.9. The molecule has 0 saturated carbocycles. The van der Waals surface area contributed by atoms with E-state index in [1.54, 1.807) is 24.1 Å². The number of nitrogens with zero attached hydrogens (tertiary/aromatic N) is 3. The van der Waals surface area contributed by atoms with Gasteiger partial charge in [-0.15, -0.1) is 0 Å². The van der Waals surface area contributed by atoms with Crippen molar-refractivity contribution < 1.29 is 9.18 Å². The molecule has 1 heterocycles. The fraction of sp³-hybridized carbons (Fsp3) is 0.273. The molecule has 0 spiro atoms. The minimum absolute atomic E-state index is 0.0527. The number of carbonyl (C=O) groups is 1. The fourth-order valence-electron chi connectivity index (χ4n) is 3.22. The van der Waals surface area contributed by atoms with Crippen molar-refractivity contribution in [2.24, 2.45) is 0 Å². The lowest BCUT2D eigenvalue weighted by Gasteiger charge is -2.18. The zero-order valence-corrected chi connectivity index (χ0v) is 16.2. The average Bonchev–Trinajstić information content (AvgIpc) is 2.90. The van der Waals surface area contributed by atoms with Crippen molar-refractivity contribution in [3.63, 3.8) is 0 Å². The SMILES string of the molecule is Cc1ccccc1-n1nc(C)c(CN(C)C(=O)Cc2cccc(F)c2)c1C. The fourth-order valence-corrected chi connectivity index (χ4v) is 3.22. The van der Waals surface area contributed by atoms with Crippen molar-refractivity contribution >= 4 is 5.91 Å². The molecule has 0 N–H and O–H groups in total. The van der Waals surface area contributed by atoms with E-state index in [1.165, 1.54) is 12.1 Å². The molecule has 0 unspecified atom stereocenters. The number of halogens is 1. The molecule has 2 aromatic carbocycles. The highest BCUT2D eigenvalue weighted by Gasteiger charge is 2.18. The summed E-state index contributed by atoms with van der Waals surface area (Å²) >= 11 is 0. The van der Waals surface area contributed by atoms with Gasteiger partial charge in [0.2, 0.25) is 5.91 Å². The zero-order chi connectivity index (χ0) is 19.6. The first-order valence-electron chi connectivity index (χ1n) is 8.96. The summed E-state index contributed by atoms with van der Waals surface area (Å²) in [4.78, 5) is 14.2. The number of amides is 1. The van der Waals surface area contributed by atoms with Crippen LogP contribution in [0.2, 0.25) is 0 Å². The second-order valence-corrected chi connectivity index (χ2v) is 6.90. The summed E-state index contributed by atoms with van der Waals surface area (Å²) in [5, 5.41) is 4.68. The molecule has 27 heavy (non-hydrogen) atoms. The Morgan fingerprint density at radius 3 is 2.56 bits per heavy atom. The molecule has 1 aromatic heterocycles. The molecule has 0 aliphatic rings. The molecule has 0 bridgehead atoms. The summed E-state index contributed by atoms with van der Waals surface area (Å²) < 4.78 is 15.3. The third kappa shape index (κ3) is 4.08. The van der Waals surface area contributed by atoms with Gasteiger partial charge in [0.05, 0.1) is 17.8 Å². The van der Waals surface area contributed by atoms with Crippen molar-refractivity contribution in [2.75, 3.05) is 7.05 Å². The van der Waals surface area contributed by atoms with Crippen molar-refractivity contribution in [3.8, 4) is 5.69 Å². The number of carbonyl (C=O) groups excluding carboxylic acids is 1. The number of benzene rings is 2. The van der Waals surface area contributed by atoms with Gasteiger partial charge in [-0.25, -0.2) is 9.07 Å². The predicted octanol–water partition coefficient (Wildman–Crippen LogP) is 4.14. The van der Waals surface area contributed by atoms with E-state index in [2.05, 4.69) is 18.1 Å². The number of para-hydroxylation sites is 1. The average molecular weight is 365 g/mol. The van der Waals surface area contributed by atoms with Crippen LogP contribution in [0.15, 0.2) is 48.5 Å². The number of likely N-dealkylation sites (N-methyl/N-ethyl adjacent to an activating group) is 1. The number of aryl methyl sites for hydroxylation is 2. The zero-order valence-electron chi connectivity index (χ0n) is 16.2. The normalized spacial score (nSPS) is 10.9. The van der Waals surface area contributed by atoms with E-state index in [1.807, 2.05) is 36.7 Å². The van der Waals surface area contributed by atoms with Gasteiger partial charge in [-0.3, -0.25) is 4.79 Å². The maximum Gasteiger partial charge on any atom is 0.227 e. The van der Waals surface area contributed by atoms with Crippen LogP contribution in [-0.4, -0.2) is 27.6 Å². The second-order valence-electron chi connectivity index (χ2n) is 6.90. The summed E-state index contributed by atoms with van der Waals surface area (Å²) in [5.74, 6) is -0.378. The van der Waals surface area contributed by atoms with E-state index in [0.717, 1.165) is 28.2 Å². The van der Waals surface area contributed by atoms with Crippen LogP contribution in [0.25, 0.3) is 5.69 Å². The topological polar surface area (TPSA) is 38.1 Å². The van der Waals surface area contributed by atoms with Crippen LogP contribution in [0.3, 0.4) is 0 Å². The first-order valence-corrected chi connectivity index (χ1v) is 8.96. The molecule has 0 aliphatic heterocycles. The van der Waals surface area contributed by atoms with E-state index >= 15 is 0 Å². The summed E-state index contributed by atoms with van der Waals surface area (Å²) in [6.07, 6.45) is 0.179. The number of hydrogen-bond donors (Lipinski definition) is 0. The van der Waals surface area contributed by atoms with E-state index in [-0.39, 0.29) is 18.1 Å². The van der Waals surface area contributed by atoms with Gasteiger partial charge in [0.25, 0.3) is 0 Å². The summed E-state index contributed by atoms with van der Waals surface area (Å²) in [6.45, 7) is 6.51. The lowest BCUT2D eigenvalue weighted by Crippen LogP contribution is -2.28. The minimum Gasteiger partial charge on any atom is -0.341 e. The highest BCUT2D eigenvalue weighted by atomic mass is 19.1. The number of rotatable bonds is 5. The Morgan fingerprint density at radius 1 is 1.11 bits per heavy atom. The lowest BCUT2D eigenvalue weighted by atomic mass is 10.1. The first kappa shape index (κ1) is 18.8. The Balaban J connectivity index is 1.79. The smallest absolute Gasteiger partial charge is 0.227 e. The summed E-state index contributed by atoms with van der Waals surface area (Å²) in [5.41, 5.74) is 5.82. The Labute approximate surface area is 159 Å². The number of hydrogen-bond acceptors (Lipinski definition) is 2. The monoisotopic (exact) mass is 365 g/mol. The summed E-state index contributed by atoms with van der Waals surface area (Å²) in [7, 11) is 1.77. The van der Waals surface area contributed by atoms with Gasteiger partial charge in [0.1, 0.15) is 5.82 Å². The molecule has 0 aliphatic carbocycles. The van der Waals surface area contributed by atoms with Crippen LogP contribution < -0.4 is 0 Å². The van der Waals surface area contributed by atoms with Crippen molar-refractivity contribution in [3.05, 3.63) is 82.4 Å². The highest BCUT2D eigenvalue weighted by Crippen LogP contribution is 2.21. The van der Waals surface area contributed by atoms with E-state index in [0.29, 0.717) is 12.1 Å². The molecule has 4 nitrogen and oxygen atoms in total. The molecule has 5 heteroatoms. The van der Waals surface area contributed by atoms with E-state index < -0.39 is 0 Å². The third-order valence-electron chi connectivity index (χ3n) is 4.85. The highest BCUT2D eigenvalue weighted by molar-refractivity contribution is 5.78. The third-order valence-corrected chi connectivity index (χ3v) is 4.85. The van der Waals surface area contributed by atoms with Gasteiger partial charge in [0, 0.05) is 24.8 Å². The maximum atomic E-state index is 13.3. The van der Waals surface area contributed by atoms with Crippen LogP contribution in [0.5, 0.6) is 0 Å². The van der Waals surface area contributed by atoms with Crippen LogP contribution in [0.1, 0.15) is 28.1 Å². The minimum atomic E-state index is -0.325. The standard InChI is InChI=1S/C22H24FN3O/c1-15-8-5-6-11-21(15)26-17(3)20(16(2)24-26)14-25(4)22(27)13-18-9-7-10-19(23)12-18/h5-12H,13-14H2,1-4H3. The Morgan fingerprint density at radius 2 is 1.85 bits per heavy atom. The number of aromatic nitrogens is 2. The van der Waals surface area contributed by atoms with Crippen LogP contribution in [-0.2, 0) is 17.8 Å². The van der Waals surface area contributed by atoms with Gasteiger partial charge in [-0.2, -0.15) is 5.10 Å². The van der Waals surface area contributed by atoms with Crippen LogP contribution in [0.4, 0.5) is 4.39 Å². The lowest BCUT2D eigenvalue weighted by molar-refractivity contribution is -0.129. The van der Waals surface area contributed by atoms with Gasteiger partial charge in [0.15, 0.2) is 0 Å². The molecule has 0 radical (unpaired) electrons. The van der Waals surface area contributed by atoms with Crippen LogP contribution in [0, 0.1) is 26.6 Å². The molecule has 1 amide bonds. The van der Waals surface area contributed by atoms with Crippen molar-refractivity contribution in [1.29, 1.82) is 0 Å². The molecule has 3 aromatic rings. The quantitative estimate of drug-likeness (QED) is 0.682. The molecular formula is C22H24FN3O. The largest absolute Gasteiger partial charge is 0.341 e. The van der Waals surface area contributed by atoms with E-state index in [9.17, 15) is 9.18 Å². The Hall–Kier alpha value is -2.95. The predicted molar refractivity (Wildman–Crippen MR) is 104 cm³/mol. The Bertz CT molecular complexity index is 977. The molecular weight excluding hydrogens is 341 g/mol. The molecule has 0 saturated heterocycles. The molecule has 0 fully saturated rings. The molecule has 3 rings (SSSR count). The van der Waals surface area contributed by atoms with Gasteiger partial charge in [-0.1, -0.05) is 30.3 Å². The van der Waals surface area contributed by atoms with Crippen molar-refractivity contribution in [1.82, 2.24) is 14.7 Å². The van der Waals surface area contributed by atoms with Gasteiger partial charge >= 0.3 is 0 Å². The second kappa shape index (κ2) is 7.74. The summed E-state index contributed by atoms with van der Waals surface area (Å²) in [6, 6.07) is 14.3. The van der Waals surface area contributed by atoms with Gasteiger partial charge < -0.3 is 4.90 Å². The Kier molecular flexibility index (Phi) is 5.40. The molecule has 0 atom stereocenters. The van der Waals surface area contributed by atoms with Crippen LogP contribution >= 0.6 is 0 Å². The van der Waals surface area contributed by atoms with Crippen molar-refractivity contribution in [2.45, 2.75) is 33.7 Å². The van der Waals surface area contributed by atoms with E-state index in [4.69, 9.17) is 0 Å². The maximum absolute atomic E-state index is 13.3. The van der Waals surface area contributed by atoms with Gasteiger partial charge in [-0.05, 0) is 50.1 Å².